The summed E-state index contributed by atoms with van der Waals surface area (Å²) in [5.74, 6) is -1.14. The van der Waals surface area contributed by atoms with Crippen molar-refractivity contribution in [2.45, 2.75) is 77.3 Å². The predicted molar refractivity (Wildman–Crippen MR) is 142 cm³/mol. The highest BCUT2D eigenvalue weighted by atomic mass is 32.1. The highest BCUT2D eigenvalue weighted by molar-refractivity contribution is 7.80. The number of ether oxygens (including phenoxy) is 2. The number of hydrogen-bond donors (Lipinski definition) is 3. The van der Waals surface area contributed by atoms with E-state index in [-0.39, 0.29) is 17.6 Å². The van der Waals surface area contributed by atoms with E-state index >= 15 is 0 Å². The molecular formula is C27H37N3O4S. The van der Waals surface area contributed by atoms with Crippen molar-refractivity contribution in [2.75, 3.05) is 0 Å². The van der Waals surface area contributed by atoms with Crippen molar-refractivity contribution in [1.29, 1.82) is 0 Å². The zero-order valence-electron chi connectivity index (χ0n) is 21.3. The number of benzene rings is 2. The van der Waals surface area contributed by atoms with Crippen LogP contribution < -0.4 is 16.4 Å². The van der Waals surface area contributed by atoms with Crippen LogP contribution in [-0.2, 0) is 19.1 Å². The lowest BCUT2D eigenvalue weighted by molar-refractivity contribution is -0.164. The minimum Gasteiger partial charge on any atom is -0.460 e. The Balaban J connectivity index is 2.24. The molecule has 4 N–H and O–H groups in total. The average Bonchev–Trinajstić information content (AvgIpc) is 2.75. The van der Waals surface area contributed by atoms with E-state index in [1.165, 1.54) is 0 Å². The van der Waals surface area contributed by atoms with Crippen LogP contribution in [0.5, 0.6) is 0 Å². The smallest absolute Gasteiger partial charge is 0.329 e. The first-order valence-corrected chi connectivity index (χ1v) is 12.0. The zero-order valence-corrected chi connectivity index (χ0v) is 22.1. The first kappa shape index (κ1) is 28.3. The van der Waals surface area contributed by atoms with Gasteiger partial charge in [0.1, 0.15) is 17.2 Å². The minimum atomic E-state index is -1.03. The Morgan fingerprint density at radius 2 is 1.31 bits per heavy atom. The van der Waals surface area contributed by atoms with E-state index in [1.54, 1.807) is 41.5 Å². The summed E-state index contributed by atoms with van der Waals surface area (Å²) >= 11 is 5.56. The monoisotopic (exact) mass is 499 g/mol. The molecule has 2 rings (SSSR count). The number of hydrogen-bond acceptors (Lipinski definition) is 6. The first-order chi connectivity index (χ1) is 16.2. The summed E-state index contributed by atoms with van der Waals surface area (Å²) in [6.45, 7) is 10.6. The number of thiocarbonyl (C=S) groups is 1. The van der Waals surface area contributed by atoms with Gasteiger partial charge in [-0.05, 0) is 64.9 Å². The lowest BCUT2D eigenvalue weighted by Gasteiger charge is -2.30. The van der Waals surface area contributed by atoms with E-state index < -0.39 is 35.2 Å². The van der Waals surface area contributed by atoms with E-state index in [4.69, 9.17) is 27.4 Å². The summed E-state index contributed by atoms with van der Waals surface area (Å²) in [7, 11) is 0. The highest BCUT2D eigenvalue weighted by Gasteiger charge is 2.31. The fourth-order valence-electron chi connectivity index (χ4n) is 3.37. The SMILES string of the molecule is CC(C)(C)OC(=O)C[C@H](NC(=S)N[C@@H](c1ccccc1)[C@@H](N)c1ccccc1)C(=O)OC(C)(C)C. The second-order valence-electron chi connectivity index (χ2n) is 10.3. The van der Waals surface area contributed by atoms with Crippen LogP contribution in [0.4, 0.5) is 0 Å². The molecule has 0 bridgehead atoms. The van der Waals surface area contributed by atoms with Gasteiger partial charge in [0.15, 0.2) is 5.11 Å². The number of carbonyl (C=O) groups is 2. The molecule has 8 heteroatoms. The first-order valence-electron chi connectivity index (χ1n) is 11.6. The maximum Gasteiger partial charge on any atom is 0.329 e. The van der Waals surface area contributed by atoms with Gasteiger partial charge in [0, 0.05) is 0 Å². The second kappa shape index (κ2) is 12.1. The van der Waals surface area contributed by atoms with Crippen LogP contribution in [-0.4, -0.2) is 34.3 Å². The number of nitrogens with one attached hydrogen (secondary N) is 2. The summed E-state index contributed by atoms with van der Waals surface area (Å²) < 4.78 is 10.9. The predicted octanol–water partition coefficient (Wildman–Crippen LogP) is 4.33. The molecule has 7 nitrogen and oxygen atoms in total. The molecule has 35 heavy (non-hydrogen) atoms. The molecule has 0 aliphatic heterocycles. The third-order valence-corrected chi connectivity index (χ3v) is 5.01. The van der Waals surface area contributed by atoms with Gasteiger partial charge in [0.05, 0.1) is 18.5 Å². The molecule has 3 atom stereocenters. The molecule has 2 aromatic carbocycles. The van der Waals surface area contributed by atoms with E-state index in [0.717, 1.165) is 11.1 Å². The number of rotatable bonds is 8. The second-order valence-corrected chi connectivity index (χ2v) is 10.7. The van der Waals surface area contributed by atoms with Gasteiger partial charge in [-0.15, -0.1) is 0 Å². The van der Waals surface area contributed by atoms with Crippen LogP contribution in [0.15, 0.2) is 60.7 Å². The quantitative estimate of drug-likeness (QED) is 0.364. The van der Waals surface area contributed by atoms with Gasteiger partial charge in [0.2, 0.25) is 0 Å². The average molecular weight is 500 g/mol. The molecule has 0 aliphatic rings. The lowest BCUT2D eigenvalue weighted by Crippen LogP contribution is -2.51. The van der Waals surface area contributed by atoms with E-state index in [0.29, 0.717) is 0 Å². The van der Waals surface area contributed by atoms with Crippen molar-refractivity contribution in [2.24, 2.45) is 5.73 Å². The standard InChI is InChI=1S/C27H37N3O4S/c1-26(2,3)33-21(31)17-20(24(32)34-27(4,5)6)29-25(35)30-23(19-15-11-8-12-16-19)22(28)18-13-9-7-10-14-18/h7-16,20,22-23H,17,28H2,1-6H3,(H2,29,30,35)/t20-,22-,23-/m0/s1. The molecule has 0 saturated carbocycles. The Kier molecular flexibility index (Phi) is 9.80. The fraction of sp³-hybridized carbons (Fsp3) is 0.444. The zero-order chi connectivity index (χ0) is 26.2. The summed E-state index contributed by atoms with van der Waals surface area (Å²) in [6.07, 6.45) is -0.241. The summed E-state index contributed by atoms with van der Waals surface area (Å²) in [4.78, 5) is 25.4. The van der Waals surface area contributed by atoms with Crippen LogP contribution in [0.25, 0.3) is 0 Å². The van der Waals surface area contributed by atoms with Crippen LogP contribution in [0.2, 0.25) is 0 Å². The summed E-state index contributed by atoms with van der Waals surface area (Å²) in [5, 5.41) is 6.36. The van der Waals surface area contributed by atoms with Crippen LogP contribution in [0.3, 0.4) is 0 Å². The molecule has 0 amide bonds. The molecule has 0 fully saturated rings. The highest BCUT2D eigenvalue weighted by Crippen LogP contribution is 2.26. The Bertz CT molecular complexity index is 985. The van der Waals surface area contributed by atoms with Crippen LogP contribution >= 0.6 is 12.2 Å². The van der Waals surface area contributed by atoms with E-state index in [1.807, 2.05) is 60.7 Å². The maximum absolute atomic E-state index is 12.9. The normalized spacial score (nSPS) is 14.3. The van der Waals surface area contributed by atoms with Gasteiger partial charge in [-0.2, -0.15) is 0 Å². The van der Waals surface area contributed by atoms with Crippen molar-refractivity contribution >= 4 is 29.3 Å². The van der Waals surface area contributed by atoms with Gasteiger partial charge >= 0.3 is 11.9 Å². The van der Waals surface area contributed by atoms with E-state index in [2.05, 4.69) is 10.6 Å². The van der Waals surface area contributed by atoms with Gasteiger partial charge in [-0.3, -0.25) is 4.79 Å². The number of carbonyl (C=O) groups excluding carboxylic acids is 2. The molecule has 0 saturated heterocycles. The minimum absolute atomic E-state index is 0.171. The lowest BCUT2D eigenvalue weighted by atomic mass is 9.94. The molecular weight excluding hydrogens is 462 g/mol. The van der Waals surface area contributed by atoms with Crippen molar-refractivity contribution < 1.29 is 19.1 Å². The molecule has 190 valence electrons. The van der Waals surface area contributed by atoms with Crippen molar-refractivity contribution in [3.8, 4) is 0 Å². The van der Waals surface area contributed by atoms with Crippen LogP contribution in [0.1, 0.15) is 71.2 Å². The number of nitrogens with two attached hydrogens (primary N) is 1. The summed E-state index contributed by atoms with van der Waals surface area (Å²) in [5.41, 5.74) is 7.06. The Morgan fingerprint density at radius 3 is 1.80 bits per heavy atom. The van der Waals surface area contributed by atoms with Crippen molar-refractivity contribution in [1.82, 2.24) is 10.6 Å². The Hall–Kier alpha value is -2.97. The maximum atomic E-state index is 12.9. The van der Waals surface area contributed by atoms with E-state index in [9.17, 15) is 9.59 Å². The molecule has 0 spiro atoms. The third kappa shape index (κ3) is 10.0. The van der Waals surface area contributed by atoms with Crippen molar-refractivity contribution in [3.63, 3.8) is 0 Å². The Labute approximate surface area is 213 Å². The molecule has 0 unspecified atom stereocenters. The Morgan fingerprint density at radius 1 is 0.829 bits per heavy atom. The number of esters is 2. The fourth-order valence-corrected chi connectivity index (χ4v) is 3.63. The van der Waals surface area contributed by atoms with Gasteiger partial charge < -0.3 is 25.8 Å². The molecule has 0 heterocycles. The van der Waals surface area contributed by atoms with Gasteiger partial charge in [-0.1, -0.05) is 60.7 Å². The van der Waals surface area contributed by atoms with Crippen molar-refractivity contribution in [3.05, 3.63) is 71.8 Å². The largest absolute Gasteiger partial charge is 0.460 e. The molecule has 2 aromatic rings. The van der Waals surface area contributed by atoms with Crippen LogP contribution in [0, 0.1) is 0 Å². The molecule has 0 aromatic heterocycles. The summed E-state index contributed by atoms with van der Waals surface area (Å²) in [6, 6.07) is 17.5. The van der Waals surface area contributed by atoms with Gasteiger partial charge in [0.25, 0.3) is 0 Å². The third-order valence-electron chi connectivity index (χ3n) is 4.78. The topological polar surface area (TPSA) is 103 Å². The molecule has 0 aliphatic carbocycles. The van der Waals surface area contributed by atoms with Gasteiger partial charge in [-0.25, -0.2) is 4.79 Å². The molecule has 0 radical (unpaired) electrons.